The molecule has 0 heterocycles. The first-order valence-electron chi connectivity index (χ1n) is 0.805. The standard InChI is InChI=1S/C2H4S2.Mn/c3-1-2-4;/h1-4H;/q;+2/p-2/b2-1-;. The minimum Gasteiger partial charge on any atom is -0.789 e. The van der Waals surface area contributed by atoms with Crippen LogP contribution in [0.2, 0.25) is 0 Å². The SMILES string of the molecule is [Mn+2].[S-]/C=C\[S-]. The molecule has 3 heteroatoms. The van der Waals surface area contributed by atoms with Crippen molar-refractivity contribution in [2.24, 2.45) is 0 Å². The Hall–Kier alpha value is 0.699. The van der Waals surface area contributed by atoms with Crippen molar-refractivity contribution < 1.29 is 17.1 Å². The molecule has 0 amide bonds. The molecular formula is C2H2MnS2. The van der Waals surface area contributed by atoms with Crippen molar-refractivity contribution >= 4 is 25.3 Å². The zero-order chi connectivity index (χ0) is 3.41. The summed E-state index contributed by atoms with van der Waals surface area (Å²) in [5, 5.41) is 2.80. The van der Waals surface area contributed by atoms with Crippen LogP contribution in [0, 0.1) is 0 Å². The maximum atomic E-state index is 4.27. The van der Waals surface area contributed by atoms with E-state index in [0.29, 0.717) is 0 Å². The first-order chi connectivity index (χ1) is 1.91. The van der Waals surface area contributed by atoms with Gasteiger partial charge in [0.1, 0.15) is 0 Å². The maximum absolute atomic E-state index is 4.27. The molecule has 0 saturated heterocycles. The third-order valence-corrected chi connectivity index (χ3v) is 0.500. The molecule has 0 fully saturated rings. The molecule has 0 aliphatic heterocycles. The van der Waals surface area contributed by atoms with E-state index in [1.54, 1.807) is 0 Å². The summed E-state index contributed by atoms with van der Waals surface area (Å²) < 4.78 is 0. The van der Waals surface area contributed by atoms with E-state index in [9.17, 15) is 0 Å². The number of hydrogen-bond acceptors (Lipinski definition) is 2. The fraction of sp³-hybridized carbons (Fsp3) is 0. The van der Waals surface area contributed by atoms with E-state index in [1.807, 2.05) is 0 Å². The van der Waals surface area contributed by atoms with Crippen molar-refractivity contribution in [3.05, 3.63) is 10.8 Å². The molecule has 5 heavy (non-hydrogen) atoms. The first-order valence-corrected chi connectivity index (χ1v) is 1.75. The Labute approximate surface area is 53.3 Å². The number of rotatable bonds is 0. The molecule has 0 aliphatic rings. The molecule has 0 aromatic heterocycles. The van der Waals surface area contributed by atoms with Gasteiger partial charge in [-0.1, -0.05) is 0 Å². The van der Waals surface area contributed by atoms with Gasteiger partial charge in [-0.3, -0.25) is 0 Å². The average molecular weight is 145 g/mol. The summed E-state index contributed by atoms with van der Waals surface area (Å²) in [7, 11) is 0. The van der Waals surface area contributed by atoms with Crippen LogP contribution in [-0.4, -0.2) is 0 Å². The molecule has 0 nitrogen and oxygen atoms in total. The van der Waals surface area contributed by atoms with Gasteiger partial charge in [-0.2, -0.15) is 0 Å². The molecule has 1 radical (unpaired) electrons. The van der Waals surface area contributed by atoms with E-state index in [4.69, 9.17) is 0 Å². The molecule has 0 aromatic carbocycles. The molecule has 0 atom stereocenters. The van der Waals surface area contributed by atoms with Crippen molar-refractivity contribution in [2.45, 2.75) is 0 Å². The predicted octanol–water partition coefficient (Wildman–Crippen LogP) is 0.549. The van der Waals surface area contributed by atoms with Crippen molar-refractivity contribution in [1.82, 2.24) is 0 Å². The Morgan fingerprint density at radius 1 is 1.00 bits per heavy atom. The monoisotopic (exact) mass is 145 g/mol. The Morgan fingerprint density at radius 2 is 1.20 bits per heavy atom. The summed E-state index contributed by atoms with van der Waals surface area (Å²) in [5.41, 5.74) is 0. The second-order valence-corrected chi connectivity index (χ2v) is 0.816. The van der Waals surface area contributed by atoms with Crippen LogP contribution in [0.25, 0.3) is 0 Å². The van der Waals surface area contributed by atoms with Gasteiger partial charge in [0.05, 0.1) is 0 Å². The van der Waals surface area contributed by atoms with Gasteiger partial charge in [-0.15, -0.1) is 0 Å². The van der Waals surface area contributed by atoms with E-state index in [2.05, 4.69) is 25.3 Å². The van der Waals surface area contributed by atoms with Crippen LogP contribution in [0.4, 0.5) is 0 Å². The summed E-state index contributed by atoms with van der Waals surface area (Å²) in [6.07, 6.45) is 0. The van der Waals surface area contributed by atoms with Gasteiger partial charge >= 0.3 is 17.1 Å². The van der Waals surface area contributed by atoms with Crippen LogP contribution in [0.3, 0.4) is 0 Å². The van der Waals surface area contributed by atoms with Gasteiger partial charge in [0.25, 0.3) is 0 Å². The summed E-state index contributed by atoms with van der Waals surface area (Å²) in [5.74, 6) is 0. The molecule has 29 valence electrons. The van der Waals surface area contributed by atoms with Gasteiger partial charge in [-0.25, -0.2) is 10.8 Å². The van der Waals surface area contributed by atoms with Gasteiger partial charge in [0.2, 0.25) is 0 Å². The summed E-state index contributed by atoms with van der Waals surface area (Å²) >= 11 is 8.54. The van der Waals surface area contributed by atoms with Crippen LogP contribution in [0.1, 0.15) is 0 Å². The molecule has 0 saturated carbocycles. The van der Waals surface area contributed by atoms with Gasteiger partial charge in [0.15, 0.2) is 0 Å². The second-order valence-electron chi connectivity index (χ2n) is 0.272. The number of hydrogen-bond donors (Lipinski definition) is 0. The third-order valence-electron chi connectivity index (χ3n) is 0.0556. The van der Waals surface area contributed by atoms with E-state index in [-0.39, 0.29) is 17.1 Å². The zero-order valence-corrected chi connectivity index (χ0v) is 5.16. The summed E-state index contributed by atoms with van der Waals surface area (Å²) in [6.45, 7) is 0. The molecule has 0 rings (SSSR count). The zero-order valence-electron chi connectivity index (χ0n) is 2.35. The van der Waals surface area contributed by atoms with Gasteiger partial charge in [-0.05, 0) is 0 Å². The van der Waals surface area contributed by atoms with Gasteiger partial charge < -0.3 is 25.3 Å². The fourth-order valence-electron chi connectivity index (χ4n) is 0. The van der Waals surface area contributed by atoms with Crippen molar-refractivity contribution in [1.29, 1.82) is 0 Å². The summed E-state index contributed by atoms with van der Waals surface area (Å²) in [6, 6.07) is 0. The van der Waals surface area contributed by atoms with E-state index in [1.165, 1.54) is 10.8 Å². The molecule has 0 spiro atoms. The first kappa shape index (κ1) is 9.20. The van der Waals surface area contributed by atoms with E-state index >= 15 is 0 Å². The molecule has 0 unspecified atom stereocenters. The quantitative estimate of drug-likeness (QED) is 0.360. The Bertz CT molecular complexity index is 22.8. The molecule has 0 bridgehead atoms. The Morgan fingerprint density at radius 3 is 1.20 bits per heavy atom. The molecule has 0 N–H and O–H groups in total. The van der Waals surface area contributed by atoms with Crippen LogP contribution < -0.4 is 0 Å². The maximum Gasteiger partial charge on any atom is 2.00 e. The van der Waals surface area contributed by atoms with Crippen molar-refractivity contribution in [2.75, 3.05) is 0 Å². The van der Waals surface area contributed by atoms with Crippen LogP contribution in [-0.2, 0) is 42.3 Å². The third kappa shape index (κ3) is 11.9. The Kier molecular flexibility index (Phi) is 16.2. The van der Waals surface area contributed by atoms with Crippen molar-refractivity contribution in [3.8, 4) is 0 Å². The summed E-state index contributed by atoms with van der Waals surface area (Å²) in [4.78, 5) is 0. The second kappa shape index (κ2) is 8.83. The largest absolute Gasteiger partial charge is 2.00 e. The van der Waals surface area contributed by atoms with Gasteiger partial charge in [0, 0.05) is 0 Å². The minimum atomic E-state index is 0. The average Bonchev–Trinajstić information content (AvgIpc) is 1.37. The Balaban J connectivity index is 0. The normalized spacial score (nSPS) is 7.20. The smallest absolute Gasteiger partial charge is 0.789 e. The van der Waals surface area contributed by atoms with E-state index < -0.39 is 0 Å². The van der Waals surface area contributed by atoms with Crippen LogP contribution in [0.5, 0.6) is 0 Å². The van der Waals surface area contributed by atoms with Crippen LogP contribution in [0.15, 0.2) is 10.8 Å². The minimum absolute atomic E-state index is 0. The molecule has 0 aromatic rings. The fourth-order valence-corrected chi connectivity index (χ4v) is 0. The van der Waals surface area contributed by atoms with Crippen LogP contribution >= 0.6 is 0 Å². The topological polar surface area (TPSA) is 0 Å². The van der Waals surface area contributed by atoms with E-state index in [0.717, 1.165) is 0 Å². The molecule has 0 aliphatic carbocycles. The molecular weight excluding hydrogens is 143 g/mol. The van der Waals surface area contributed by atoms with Crippen molar-refractivity contribution in [3.63, 3.8) is 0 Å². The predicted molar refractivity (Wildman–Crippen MR) is 23.9 cm³/mol.